The average Bonchev–Trinajstić information content (AvgIpc) is 2.80. The predicted octanol–water partition coefficient (Wildman–Crippen LogP) is 0.795. The molecule has 0 aliphatic heterocycles. The van der Waals surface area contributed by atoms with Crippen molar-refractivity contribution in [3.8, 4) is 0 Å². The molecule has 20 heavy (non-hydrogen) atoms. The molecule has 0 aliphatic rings. The van der Waals surface area contributed by atoms with Gasteiger partial charge in [0.15, 0.2) is 5.69 Å². The molecule has 108 valence electrons. The summed E-state index contributed by atoms with van der Waals surface area (Å²) < 4.78 is 37.2. The number of nitrogens with one attached hydrogen (secondary N) is 3. The summed E-state index contributed by atoms with van der Waals surface area (Å²) in [6, 6.07) is 0.282. The highest BCUT2D eigenvalue weighted by Gasteiger charge is 2.33. The van der Waals surface area contributed by atoms with Crippen LogP contribution in [0.25, 0.3) is 0 Å². The lowest BCUT2D eigenvalue weighted by atomic mass is 10.4. The molecule has 0 bridgehead atoms. The van der Waals surface area contributed by atoms with Gasteiger partial charge in [0.2, 0.25) is 11.8 Å². The van der Waals surface area contributed by atoms with E-state index in [0.717, 1.165) is 6.33 Å². The lowest BCUT2D eigenvalue weighted by molar-refractivity contribution is -0.141. The molecule has 2 aromatic heterocycles. The van der Waals surface area contributed by atoms with Gasteiger partial charge < -0.3 is 0 Å². The van der Waals surface area contributed by atoms with Crippen molar-refractivity contribution >= 4 is 11.9 Å². The highest BCUT2D eigenvalue weighted by molar-refractivity contribution is 6.00. The molecule has 0 saturated heterocycles. The van der Waals surface area contributed by atoms with E-state index in [1.165, 1.54) is 0 Å². The molecule has 0 radical (unpaired) electrons. The predicted molar refractivity (Wildman–Crippen MR) is 60.9 cm³/mol. The molecule has 0 fully saturated rings. The average molecular weight is 290 g/mol. The summed E-state index contributed by atoms with van der Waals surface area (Å²) in [6.07, 6.45) is -3.75. The van der Waals surface area contributed by atoms with E-state index < -0.39 is 29.3 Å². The summed E-state index contributed by atoms with van der Waals surface area (Å²) in [4.78, 5) is 31.0. The van der Waals surface area contributed by atoms with E-state index in [2.05, 4.69) is 20.2 Å². The number of hydrogen-bond donors (Lipinski definition) is 3. The fourth-order valence-electron chi connectivity index (χ4n) is 1.14. The Bertz CT molecular complexity index is 648. The largest absolute Gasteiger partial charge is 0.433 e. The Morgan fingerprint density at radius 3 is 2.60 bits per heavy atom. The Balaban J connectivity index is 0.00000200. The molecule has 0 spiro atoms. The number of H-pyrrole nitrogens is 2. The van der Waals surface area contributed by atoms with Crippen LogP contribution < -0.4 is 10.9 Å². The molecule has 2 rings (SSSR count). The molecular weight excluding hydrogens is 281 g/mol. The third kappa shape index (κ3) is 3.40. The molecule has 11 heteroatoms. The van der Waals surface area contributed by atoms with E-state index in [1.807, 2.05) is 10.3 Å². The first-order valence-electron chi connectivity index (χ1n) is 4.71. The van der Waals surface area contributed by atoms with E-state index in [4.69, 9.17) is 0 Å². The summed E-state index contributed by atoms with van der Waals surface area (Å²) in [5, 5.41) is 7.55. The Kier molecular flexibility index (Phi) is 4.22. The summed E-state index contributed by atoms with van der Waals surface area (Å²) in [5.74, 6) is -1.76. The summed E-state index contributed by atoms with van der Waals surface area (Å²) >= 11 is 0. The number of aromatic nitrogens is 5. The molecule has 8 nitrogen and oxygen atoms in total. The van der Waals surface area contributed by atoms with Gasteiger partial charge in [-0.2, -0.15) is 18.3 Å². The van der Waals surface area contributed by atoms with E-state index in [-0.39, 0.29) is 19.3 Å². The normalized spacial score (nSPS) is 10.8. The van der Waals surface area contributed by atoms with Crippen molar-refractivity contribution in [2.75, 3.05) is 5.32 Å². The van der Waals surface area contributed by atoms with Crippen LogP contribution in [0.2, 0.25) is 0 Å². The molecule has 0 aliphatic carbocycles. The topological polar surface area (TPSA) is 116 Å². The van der Waals surface area contributed by atoms with Crippen molar-refractivity contribution < 1.29 is 18.0 Å². The number of halogens is 3. The first-order valence-corrected chi connectivity index (χ1v) is 4.71. The van der Waals surface area contributed by atoms with Crippen molar-refractivity contribution in [1.29, 1.82) is 0 Å². The number of aromatic amines is 2. The van der Waals surface area contributed by atoms with Gasteiger partial charge in [-0.25, -0.2) is 9.97 Å². The molecule has 2 aromatic rings. The second kappa shape index (κ2) is 5.50. The van der Waals surface area contributed by atoms with Crippen molar-refractivity contribution in [2.45, 2.75) is 13.6 Å². The zero-order valence-corrected chi connectivity index (χ0v) is 8.95. The van der Waals surface area contributed by atoms with Gasteiger partial charge in [0, 0.05) is 6.07 Å². The molecule has 0 aromatic carbocycles. The van der Waals surface area contributed by atoms with Gasteiger partial charge in [-0.1, -0.05) is 7.43 Å². The second-order valence-electron chi connectivity index (χ2n) is 3.27. The van der Waals surface area contributed by atoms with Crippen LogP contribution in [0.5, 0.6) is 0 Å². The minimum absolute atomic E-state index is 0. The fraction of sp³-hybridized carbons (Fsp3) is 0.222. The Hall–Kier alpha value is -2.72. The zero-order chi connectivity index (χ0) is 14.0. The molecule has 1 amide bonds. The van der Waals surface area contributed by atoms with Crippen LogP contribution in [-0.2, 0) is 6.18 Å². The van der Waals surface area contributed by atoms with Gasteiger partial charge in [0.05, 0.1) is 0 Å². The maximum absolute atomic E-state index is 12.4. The summed E-state index contributed by atoms with van der Waals surface area (Å²) in [6.45, 7) is 0. The Labute approximate surface area is 109 Å². The van der Waals surface area contributed by atoms with Gasteiger partial charge in [0.1, 0.15) is 6.33 Å². The molecule has 0 unspecified atom stereocenters. The van der Waals surface area contributed by atoms with Crippen molar-refractivity contribution in [3.05, 3.63) is 34.3 Å². The minimum atomic E-state index is -4.79. The van der Waals surface area contributed by atoms with Gasteiger partial charge in [0.25, 0.3) is 11.5 Å². The first-order chi connectivity index (χ1) is 8.86. The molecule has 0 atom stereocenters. The number of anilines is 1. The van der Waals surface area contributed by atoms with E-state index in [1.54, 1.807) is 0 Å². The van der Waals surface area contributed by atoms with Crippen molar-refractivity contribution in [2.24, 2.45) is 0 Å². The lowest BCUT2D eigenvalue weighted by Crippen LogP contribution is -2.22. The first kappa shape index (κ1) is 15.3. The monoisotopic (exact) mass is 290 g/mol. The van der Waals surface area contributed by atoms with Gasteiger partial charge in [-0.05, 0) is 0 Å². The molecule has 0 saturated carbocycles. The number of rotatable bonds is 2. The van der Waals surface area contributed by atoms with Crippen LogP contribution in [0.4, 0.5) is 19.1 Å². The number of nitrogens with zero attached hydrogens (tertiary/aromatic N) is 3. The van der Waals surface area contributed by atoms with Crippen LogP contribution in [0.1, 0.15) is 23.7 Å². The number of hydrogen-bond acceptors (Lipinski definition) is 5. The van der Waals surface area contributed by atoms with Gasteiger partial charge in [-0.15, -0.1) is 0 Å². The maximum atomic E-state index is 12.4. The van der Waals surface area contributed by atoms with Crippen LogP contribution in [0.3, 0.4) is 0 Å². The highest BCUT2D eigenvalue weighted by atomic mass is 19.4. The zero-order valence-electron chi connectivity index (χ0n) is 8.95. The highest BCUT2D eigenvalue weighted by Crippen LogP contribution is 2.26. The third-order valence-electron chi connectivity index (χ3n) is 1.89. The van der Waals surface area contributed by atoms with Crippen molar-refractivity contribution in [1.82, 2.24) is 25.1 Å². The van der Waals surface area contributed by atoms with Gasteiger partial charge in [-0.3, -0.25) is 25.0 Å². The Morgan fingerprint density at radius 2 is 2.05 bits per heavy atom. The SMILES string of the molecule is C.O=C(Nc1nc(C(F)(F)F)cc(=O)[nH]1)c1ncn[nH]1. The Morgan fingerprint density at radius 1 is 1.35 bits per heavy atom. The molecular formula is C9H9F3N6O2. The summed E-state index contributed by atoms with van der Waals surface area (Å²) in [5.41, 5.74) is -2.46. The van der Waals surface area contributed by atoms with Crippen LogP contribution in [0.15, 0.2) is 17.2 Å². The van der Waals surface area contributed by atoms with Crippen LogP contribution in [-0.4, -0.2) is 31.1 Å². The van der Waals surface area contributed by atoms with Gasteiger partial charge >= 0.3 is 6.18 Å². The van der Waals surface area contributed by atoms with Crippen LogP contribution in [0, 0.1) is 0 Å². The fourth-order valence-corrected chi connectivity index (χ4v) is 1.14. The van der Waals surface area contributed by atoms with Crippen LogP contribution >= 0.6 is 0 Å². The van der Waals surface area contributed by atoms with E-state index in [0.29, 0.717) is 0 Å². The van der Waals surface area contributed by atoms with E-state index in [9.17, 15) is 22.8 Å². The number of carbonyl (C=O) groups is 1. The minimum Gasteiger partial charge on any atom is -0.292 e. The van der Waals surface area contributed by atoms with E-state index >= 15 is 0 Å². The van der Waals surface area contributed by atoms with Crippen molar-refractivity contribution in [3.63, 3.8) is 0 Å². The molecule has 2 heterocycles. The number of amides is 1. The smallest absolute Gasteiger partial charge is 0.292 e. The quantitative estimate of drug-likeness (QED) is 0.756. The standard InChI is InChI=1S/C8H5F3N6O2.CH4/c9-8(10,11)3-1-4(18)15-7(14-3)16-6(19)5-12-2-13-17-5;/h1-2H,(H,12,13,17)(H2,14,15,16,18,19);1H4. The summed E-state index contributed by atoms with van der Waals surface area (Å²) in [7, 11) is 0. The maximum Gasteiger partial charge on any atom is 0.433 e. The second-order valence-corrected chi connectivity index (χ2v) is 3.27. The lowest BCUT2D eigenvalue weighted by Gasteiger charge is -2.07. The number of alkyl halides is 3. The third-order valence-corrected chi connectivity index (χ3v) is 1.89. The molecule has 3 N–H and O–H groups in total. The number of carbonyl (C=O) groups excluding carboxylic acids is 1.